The fraction of sp³-hybridized carbons (Fsp3) is 0.211. The smallest absolute Gasteiger partial charge is 0.332 e. The summed E-state index contributed by atoms with van der Waals surface area (Å²) in [5.74, 6) is -0.642. The lowest BCUT2D eigenvalue weighted by Crippen LogP contribution is -2.22. The standard InChI is InChI=1S/C19H19N3O3/c1-12-4-7-15(10-17(12)21-13(2)23)18(19(24)25-3)22-16-8-5-14(11-20)6-9-16/h4-10,18,22H,1-3H3,(H,21,23). The van der Waals surface area contributed by atoms with E-state index in [4.69, 9.17) is 10.00 Å². The van der Waals surface area contributed by atoms with Gasteiger partial charge in [0.15, 0.2) is 6.04 Å². The quantitative estimate of drug-likeness (QED) is 0.818. The zero-order valence-electron chi connectivity index (χ0n) is 14.3. The minimum absolute atomic E-state index is 0.185. The van der Waals surface area contributed by atoms with Crippen molar-refractivity contribution in [3.63, 3.8) is 0 Å². The first kappa shape index (κ1) is 18.0. The Morgan fingerprint density at radius 3 is 2.40 bits per heavy atom. The van der Waals surface area contributed by atoms with Crippen LogP contribution < -0.4 is 10.6 Å². The molecule has 0 aliphatic rings. The van der Waals surface area contributed by atoms with Crippen molar-refractivity contribution >= 4 is 23.3 Å². The third kappa shape index (κ3) is 4.58. The van der Waals surface area contributed by atoms with Gasteiger partial charge in [-0.3, -0.25) is 4.79 Å². The van der Waals surface area contributed by atoms with Gasteiger partial charge >= 0.3 is 5.97 Å². The van der Waals surface area contributed by atoms with Crippen LogP contribution in [0.2, 0.25) is 0 Å². The van der Waals surface area contributed by atoms with E-state index in [-0.39, 0.29) is 5.91 Å². The molecule has 0 fully saturated rings. The first-order valence-corrected chi connectivity index (χ1v) is 7.67. The van der Waals surface area contributed by atoms with Crippen molar-refractivity contribution < 1.29 is 14.3 Å². The number of nitrogens with zero attached hydrogens (tertiary/aromatic N) is 1. The largest absolute Gasteiger partial charge is 0.467 e. The van der Waals surface area contributed by atoms with Crippen LogP contribution in [0.1, 0.15) is 29.7 Å². The fourth-order valence-corrected chi connectivity index (χ4v) is 2.35. The molecule has 1 amide bonds. The zero-order valence-corrected chi connectivity index (χ0v) is 14.3. The second-order valence-corrected chi connectivity index (χ2v) is 5.55. The first-order chi connectivity index (χ1) is 11.9. The van der Waals surface area contributed by atoms with Gasteiger partial charge in [-0.2, -0.15) is 5.26 Å². The second kappa shape index (κ2) is 7.97. The highest BCUT2D eigenvalue weighted by atomic mass is 16.5. The van der Waals surface area contributed by atoms with Gasteiger partial charge in [0.1, 0.15) is 0 Å². The van der Waals surface area contributed by atoms with Crippen molar-refractivity contribution in [1.29, 1.82) is 5.26 Å². The minimum Gasteiger partial charge on any atom is -0.467 e. The molecule has 2 aromatic carbocycles. The summed E-state index contributed by atoms with van der Waals surface area (Å²) in [5, 5.41) is 14.7. The Bertz CT molecular complexity index is 823. The highest BCUT2D eigenvalue weighted by molar-refractivity contribution is 5.90. The van der Waals surface area contributed by atoms with E-state index < -0.39 is 12.0 Å². The maximum Gasteiger partial charge on any atom is 0.332 e. The van der Waals surface area contributed by atoms with Gasteiger partial charge in [0.05, 0.1) is 18.7 Å². The molecule has 0 spiro atoms. The number of carbonyl (C=O) groups is 2. The number of benzene rings is 2. The van der Waals surface area contributed by atoms with Gasteiger partial charge in [-0.15, -0.1) is 0 Å². The molecule has 0 radical (unpaired) electrons. The summed E-state index contributed by atoms with van der Waals surface area (Å²) in [6.07, 6.45) is 0. The van der Waals surface area contributed by atoms with Crippen LogP contribution in [0.5, 0.6) is 0 Å². The number of hydrogen-bond acceptors (Lipinski definition) is 5. The highest BCUT2D eigenvalue weighted by Gasteiger charge is 2.22. The molecule has 6 heteroatoms. The third-order valence-corrected chi connectivity index (χ3v) is 3.67. The van der Waals surface area contributed by atoms with Gasteiger partial charge in [-0.1, -0.05) is 12.1 Å². The van der Waals surface area contributed by atoms with E-state index in [9.17, 15) is 9.59 Å². The summed E-state index contributed by atoms with van der Waals surface area (Å²) in [6.45, 7) is 3.30. The molecule has 0 saturated heterocycles. The van der Waals surface area contributed by atoms with Crippen LogP contribution in [-0.2, 0) is 14.3 Å². The maximum atomic E-state index is 12.2. The predicted molar refractivity (Wildman–Crippen MR) is 95.0 cm³/mol. The number of carbonyl (C=O) groups excluding carboxylic acids is 2. The number of amides is 1. The fourth-order valence-electron chi connectivity index (χ4n) is 2.35. The van der Waals surface area contributed by atoms with E-state index in [1.165, 1.54) is 14.0 Å². The van der Waals surface area contributed by atoms with Crippen LogP contribution in [-0.4, -0.2) is 19.0 Å². The normalized spacial score (nSPS) is 11.1. The molecule has 0 aliphatic heterocycles. The molecule has 2 rings (SSSR count). The van der Waals surface area contributed by atoms with Crippen LogP contribution in [0.25, 0.3) is 0 Å². The average molecular weight is 337 g/mol. The Kier molecular flexibility index (Phi) is 5.75. The number of aryl methyl sites for hydroxylation is 1. The van der Waals surface area contributed by atoms with Crippen molar-refractivity contribution in [2.24, 2.45) is 0 Å². The highest BCUT2D eigenvalue weighted by Crippen LogP contribution is 2.26. The lowest BCUT2D eigenvalue weighted by molar-refractivity contribution is -0.141. The average Bonchev–Trinajstić information content (AvgIpc) is 2.61. The third-order valence-electron chi connectivity index (χ3n) is 3.67. The van der Waals surface area contributed by atoms with Gasteiger partial charge in [0, 0.05) is 18.3 Å². The minimum atomic E-state index is -0.744. The zero-order chi connectivity index (χ0) is 18.4. The summed E-state index contributed by atoms with van der Waals surface area (Å²) in [7, 11) is 1.32. The SMILES string of the molecule is COC(=O)C(Nc1ccc(C#N)cc1)c1ccc(C)c(NC(C)=O)c1. The van der Waals surface area contributed by atoms with Crippen molar-refractivity contribution in [1.82, 2.24) is 0 Å². The Morgan fingerprint density at radius 2 is 1.84 bits per heavy atom. The number of nitriles is 1. The van der Waals surface area contributed by atoms with Gasteiger partial charge in [0.2, 0.25) is 5.91 Å². The molecule has 0 heterocycles. The number of rotatable bonds is 5. The molecular weight excluding hydrogens is 318 g/mol. The van der Waals surface area contributed by atoms with E-state index >= 15 is 0 Å². The molecule has 25 heavy (non-hydrogen) atoms. The Morgan fingerprint density at radius 1 is 1.16 bits per heavy atom. The van der Waals surface area contributed by atoms with E-state index in [2.05, 4.69) is 10.6 Å². The van der Waals surface area contributed by atoms with Crippen molar-refractivity contribution in [2.45, 2.75) is 19.9 Å². The van der Waals surface area contributed by atoms with Gasteiger partial charge in [0.25, 0.3) is 0 Å². The number of methoxy groups -OCH3 is 1. The molecule has 2 N–H and O–H groups in total. The van der Waals surface area contributed by atoms with Crippen LogP contribution >= 0.6 is 0 Å². The van der Waals surface area contributed by atoms with Crippen molar-refractivity contribution in [3.8, 4) is 6.07 Å². The first-order valence-electron chi connectivity index (χ1n) is 7.67. The molecule has 128 valence electrons. The summed E-state index contributed by atoms with van der Waals surface area (Å²) >= 11 is 0. The summed E-state index contributed by atoms with van der Waals surface area (Å²) in [4.78, 5) is 23.6. The maximum absolute atomic E-state index is 12.2. The Balaban J connectivity index is 2.35. The monoisotopic (exact) mass is 337 g/mol. The van der Waals surface area contributed by atoms with Gasteiger partial charge in [-0.25, -0.2) is 4.79 Å². The van der Waals surface area contributed by atoms with Crippen LogP contribution in [0.3, 0.4) is 0 Å². The Hall–Kier alpha value is -3.33. The topological polar surface area (TPSA) is 91.2 Å². The van der Waals surface area contributed by atoms with E-state index in [1.54, 1.807) is 36.4 Å². The number of anilines is 2. The summed E-state index contributed by atoms with van der Waals surface area (Å²) in [6, 6.07) is 13.4. The van der Waals surface area contributed by atoms with Crippen LogP contribution in [0, 0.1) is 18.3 Å². The van der Waals surface area contributed by atoms with Crippen molar-refractivity contribution in [2.75, 3.05) is 17.7 Å². The molecular formula is C19H19N3O3. The lowest BCUT2D eigenvalue weighted by Gasteiger charge is -2.19. The molecule has 1 atom stereocenters. The molecule has 0 aliphatic carbocycles. The van der Waals surface area contributed by atoms with Crippen LogP contribution in [0.4, 0.5) is 11.4 Å². The van der Waals surface area contributed by atoms with Crippen molar-refractivity contribution in [3.05, 3.63) is 59.2 Å². The molecule has 0 saturated carbocycles. The van der Waals surface area contributed by atoms with E-state index in [1.807, 2.05) is 19.1 Å². The summed E-state index contributed by atoms with van der Waals surface area (Å²) in [5.41, 5.74) is 3.39. The second-order valence-electron chi connectivity index (χ2n) is 5.55. The van der Waals surface area contributed by atoms with E-state index in [0.717, 1.165) is 5.56 Å². The number of ether oxygens (including phenoxy) is 1. The number of esters is 1. The molecule has 0 aromatic heterocycles. The molecule has 2 aromatic rings. The lowest BCUT2D eigenvalue weighted by atomic mass is 10.0. The van der Waals surface area contributed by atoms with E-state index in [0.29, 0.717) is 22.5 Å². The van der Waals surface area contributed by atoms with Gasteiger partial charge < -0.3 is 15.4 Å². The summed E-state index contributed by atoms with van der Waals surface area (Å²) < 4.78 is 4.89. The number of nitrogens with one attached hydrogen (secondary N) is 2. The Labute approximate surface area is 146 Å². The van der Waals surface area contributed by atoms with Crippen LogP contribution in [0.15, 0.2) is 42.5 Å². The van der Waals surface area contributed by atoms with Gasteiger partial charge in [-0.05, 0) is 48.4 Å². The number of hydrogen-bond donors (Lipinski definition) is 2. The molecule has 6 nitrogen and oxygen atoms in total. The molecule has 1 unspecified atom stereocenters. The molecule has 0 bridgehead atoms. The predicted octanol–water partition coefficient (Wildman–Crippen LogP) is 3.15.